The second kappa shape index (κ2) is 12.7. The molecule has 0 amide bonds. The minimum Gasteiger partial charge on any atom is -0.493 e. The maximum Gasteiger partial charge on any atom is 0.190 e. The third kappa shape index (κ3) is 5.71. The molecule has 0 atom stereocenters. The molecule has 0 unspecified atom stereocenters. The Kier molecular flexibility index (Phi) is 8.93. The summed E-state index contributed by atoms with van der Waals surface area (Å²) in [7, 11) is 6.37. The first-order chi connectivity index (χ1) is 22.0. The van der Waals surface area contributed by atoms with Gasteiger partial charge in [-0.25, -0.2) is 0 Å². The van der Waals surface area contributed by atoms with E-state index in [4.69, 9.17) is 18.9 Å². The monoisotopic (exact) mass is 616 g/mol. The molecule has 236 valence electrons. The van der Waals surface area contributed by atoms with Gasteiger partial charge in [0.25, 0.3) is 0 Å². The molecule has 0 radical (unpaired) electrons. The number of allylic oxidation sites excluding steroid dienone is 2. The second-order valence-electron chi connectivity index (χ2n) is 12.4. The van der Waals surface area contributed by atoms with E-state index in [1.807, 2.05) is 84.9 Å². The van der Waals surface area contributed by atoms with Crippen LogP contribution in [-0.4, -0.2) is 40.0 Å². The minimum atomic E-state index is -0.373. The highest BCUT2D eigenvalue weighted by Crippen LogP contribution is 2.48. The van der Waals surface area contributed by atoms with E-state index in [1.165, 1.54) is 0 Å². The third-order valence-electron chi connectivity index (χ3n) is 8.94. The van der Waals surface area contributed by atoms with Crippen molar-refractivity contribution in [3.8, 4) is 23.0 Å². The number of carbonyl (C=O) groups excluding carboxylic acids is 2. The quantitative estimate of drug-likeness (QED) is 0.202. The van der Waals surface area contributed by atoms with Crippen LogP contribution < -0.4 is 18.9 Å². The van der Waals surface area contributed by atoms with Gasteiger partial charge >= 0.3 is 0 Å². The first-order valence-electron chi connectivity index (χ1n) is 15.1. The zero-order valence-corrected chi connectivity index (χ0v) is 27.7. The van der Waals surface area contributed by atoms with E-state index in [2.05, 4.69) is 27.7 Å². The molecule has 2 aliphatic rings. The predicted octanol–water partition coefficient (Wildman–Crippen LogP) is 8.52. The van der Waals surface area contributed by atoms with Gasteiger partial charge in [0, 0.05) is 33.1 Å². The molecule has 0 spiro atoms. The van der Waals surface area contributed by atoms with E-state index in [-0.39, 0.29) is 22.4 Å². The van der Waals surface area contributed by atoms with Crippen LogP contribution >= 0.6 is 0 Å². The number of rotatable bonds is 6. The van der Waals surface area contributed by atoms with Crippen LogP contribution in [-0.2, 0) is 10.8 Å². The van der Waals surface area contributed by atoms with Crippen molar-refractivity contribution in [2.45, 2.75) is 38.5 Å². The van der Waals surface area contributed by atoms with Crippen molar-refractivity contribution in [3.63, 3.8) is 0 Å². The standard InChI is InChI=1S/2C20H20O3/c2*1-20(2)15-12-18(23-4)17(22-3)11-14(15)19(21)16(20)10-13-8-6-5-7-9-13/h2*5-12H,1-4H3/b16-10+;16-10-. The van der Waals surface area contributed by atoms with E-state index in [1.54, 1.807) is 40.6 Å². The second-order valence-corrected chi connectivity index (χ2v) is 12.4. The lowest BCUT2D eigenvalue weighted by Crippen LogP contribution is -2.17. The zero-order valence-electron chi connectivity index (χ0n) is 27.7. The Labute approximate surface area is 271 Å². The van der Waals surface area contributed by atoms with Gasteiger partial charge in [-0.1, -0.05) is 88.4 Å². The highest BCUT2D eigenvalue weighted by Gasteiger charge is 2.43. The lowest BCUT2D eigenvalue weighted by Gasteiger charge is -2.21. The van der Waals surface area contributed by atoms with Gasteiger partial charge < -0.3 is 18.9 Å². The molecule has 4 aromatic carbocycles. The normalized spacial score (nSPS) is 17.2. The SMILES string of the molecule is COc1cc2c(cc1OC)C(C)(C)/C(=C/c1ccccc1)C2=O.COc1cc2c(cc1OC)C(C)(C)/C(=C\c1ccccc1)C2=O. The van der Waals surface area contributed by atoms with Crippen molar-refractivity contribution in [1.29, 1.82) is 0 Å². The number of Topliss-reactive ketones (excluding diaryl/α,β-unsaturated/α-hetero) is 2. The van der Waals surface area contributed by atoms with Gasteiger partial charge in [0.2, 0.25) is 0 Å². The summed E-state index contributed by atoms with van der Waals surface area (Å²) in [6, 6.07) is 27.2. The number of fused-ring (bicyclic) bond motifs is 2. The topological polar surface area (TPSA) is 71.1 Å². The minimum absolute atomic E-state index is 0.0507. The molecule has 0 bridgehead atoms. The molecule has 0 fully saturated rings. The van der Waals surface area contributed by atoms with Crippen LogP contribution in [0.4, 0.5) is 0 Å². The first-order valence-corrected chi connectivity index (χ1v) is 15.1. The van der Waals surface area contributed by atoms with Crippen molar-refractivity contribution in [3.05, 3.63) is 129 Å². The van der Waals surface area contributed by atoms with Crippen molar-refractivity contribution >= 4 is 23.7 Å². The van der Waals surface area contributed by atoms with Crippen LogP contribution in [0, 0.1) is 0 Å². The lowest BCUT2D eigenvalue weighted by atomic mass is 9.82. The molecule has 0 saturated carbocycles. The molecule has 6 rings (SSSR count). The Morgan fingerprint density at radius 1 is 0.478 bits per heavy atom. The molecule has 0 N–H and O–H groups in total. The maximum absolute atomic E-state index is 12.9. The fourth-order valence-electron chi connectivity index (χ4n) is 6.24. The first kappa shape index (κ1) is 32.3. The van der Waals surface area contributed by atoms with Crippen LogP contribution in [0.5, 0.6) is 23.0 Å². The van der Waals surface area contributed by atoms with Crippen LogP contribution in [0.15, 0.2) is 96.1 Å². The van der Waals surface area contributed by atoms with Gasteiger partial charge in [-0.15, -0.1) is 0 Å². The number of hydrogen-bond donors (Lipinski definition) is 0. The van der Waals surface area contributed by atoms with Gasteiger partial charge in [0.1, 0.15) is 0 Å². The Bertz CT molecular complexity index is 1710. The number of ketones is 2. The highest BCUT2D eigenvalue weighted by atomic mass is 16.5. The largest absolute Gasteiger partial charge is 0.493 e. The average molecular weight is 617 g/mol. The summed E-state index contributed by atoms with van der Waals surface area (Å²) in [6.45, 7) is 8.27. The summed E-state index contributed by atoms with van der Waals surface area (Å²) in [5, 5.41) is 0. The molecular weight excluding hydrogens is 576 g/mol. The van der Waals surface area contributed by atoms with Crippen LogP contribution in [0.3, 0.4) is 0 Å². The van der Waals surface area contributed by atoms with E-state index in [9.17, 15) is 9.59 Å². The fourth-order valence-corrected chi connectivity index (χ4v) is 6.24. The van der Waals surface area contributed by atoms with E-state index in [0.29, 0.717) is 34.1 Å². The molecule has 0 heterocycles. The number of methoxy groups -OCH3 is 4. The summed E-state index contributed by atoms with van der Waals surface area (Å²) < 4.78 is 21.4. The molecular formula is C40H40O6. The maximum atomic E-state index is 12.9. The Morgan fingerprint density at radius 3 is 1.09 bits per heavy atom. The summed E-state index contributed by atoms with van der Waals surface area (Å²) in [5.74, 6) is 2.55. The van der Waals surface area contributed by atoms with Crippen molar-refractivity contribution in [1.82, 2.24) is 0 Å². The average Bonchev–Trinajstić information content (AvgIpc) is 3.37. The lowest BCUT2D eigenvalue weighted by molar-refractivity contribution is 0.102. The molecule has 46 heavy (non-hydrogen) atoms. The molecule has 0 saturated heterocycles. The van der Waals surface area contributed by atoms with E-state index >= 15 is 0 Å². The van der Waals surface area contributed by atoms with Gasteiger partial charge in [0.15, 0.2) is 34.6 Å². The fraction of sp³-hybridized carbons (Fsp3) is 0.250. The molecule has 4 aromatic rings. The van der Waals surface area contributed by atoms with Crippen molar-refractivity contribution in [2.24, 2.45) is 0 Å². The predicted molar refractivity (Wildman–Crippen MR) is 183 cm³/mol. The Morgan fingerprint density at radius 2 is 0.783 bits per heavy atom. The van der Waals surface area contributed by atoms with Gasteiger partial charge in [-0.2, -0.15) is 0 Å². The number of carbonyl (C=O) groups is 2. The molecule has 6 heteroatoms. The van der Waals surface area contributed by atoms with E-state index in [0.717, 1.165) is 33.4 Å². The smallest absolute Gasteiger partial charge is 0.190 e. The zero-order chi connectivity index (χ0) is 33.2. The van der Waals surface area contributed by atoms with Crippen molar-refractivity contribution in [2.75, 3.05) is 28.4 Å². The molecule has 2 aliphatic carbocycles. The number of benzene rings is 4. The van der Waals surface area contributed by atoms with Crippen LogP contribution in [0.25, 0.3) is 12.2 Å². The molecule has 6 nitrogen and oxygen atoms in total. The molecule has 0 aliphatic heterocycles. The van der Waals surface area contributed by atoms with Crippen LogP contribution in [0.2, 0.25) is 0 Å². The van der Waals surface area contributed by atoms with Gasteiger partial charge in [-0.05, 0) is 58.7 Å². The Hall–Kier alpha value is -5.10. The van der Waals surface area contributed by atoms with E-state index < -0.39 is 0 Å². The van der Waals surface area contributed by atoms with Crippen LogP contribution in [0.1, 0.15) is 70.7 Å². The Balaban J connectivity index is 0.000000181. The summed E-state index contributed by atoms with van der Waals surface area (Å²) in [4.78, 5) is 25.8. The molecule has 0 aromatic heterocycles. The summed E-state index contributed by atoms with van der Waals surface area (Å²) in [6.07, 6.45) is 3.95. The van der Waals surface area contributed by atoms with Gasteiger partial charge in [-0.3, -0.25) is 9.59 Å². The summed E-state index contributed by atoms with van der Waals surface area (Å²) >= 11 is 0. The van der Waals surface area contributed by atoms with Gasteiger partial charge in [0.05, 0.1) is 28.4 Å². The number of hydrogen-bond acceptors (Lipinski definition) is 6. The summed E-state index contributed by atoms with van der Waals surface area (Å²) in [5.41, 5.74) is 6.20. The number of ether oxygens (including phenoxy) is 4. The highest BCUT2D eigenvalue weighted by molar-refractivity contribution is 6.18. The van der Waals surface area contributed by atoms with Crippen molar-refractivity contribution < 1.29 is 28.5 Å². The third-order valence-corrected chi connectivity index (χ3v) is 8.94.